The molecule has 0 unspecified atom stereocenters. The van der Waals surface area contributed by atoms with Crippen molar-refractivity contribution in [2.24, 2.45) is 5.41 Å². The van der Waals surface area contributed by atoms with Crippen molar-refractivity contribution < 1.29 is 9.53 Å². The molecule has 2 aliphatic carbocycles. The normalized spacial score (nSPS) is 28.1. The van der Waals surface area contributed by atoms with Crippen LogP contribution < -0.4 is 5.32 Å². The zero-order chi connectivity index (χ0) is 15.6. The summed E-state index contributed by atoms with van der Waals surface area (Å²) in [5.74, 6) is 0.0235. The maximum atomic E-state index is 12.5. The van der Waals surface area contributed by atoms with Crippen LogP contribution in [0.5, 0.6) is 0 Å². The number of nitrogens with zero attached hydrogens (tertiary/aromatic N) is 3. The zero-order valence-corrected chi connectivity index (χ0v) is 13.5. The van der Waals surface area contributed by atoms with Crippen molar-refractivity contribution in [2.45, 2.75) is 70.6 Å². The number of hydrogen-bond donors (Lipinski definition) is 1. The van der Waals surface area contributed by atoms with Crippen LogP contribution in [0.3, 0.4) is 0 Å². The van der Waals surface area contributed by atoms with Crippen LogP contribution in [-0.4, -0.2) is 39.4 Å². The number of carbonyl (C=O) groups excluding carboxylic acids is 1. The topological polar surface area (TPSA) is 69.0 Å². The van der Waals surface area contributed by atoms with Crippen LogP contribution in [0, 0.1) is 5.41 Å². The van der Waals surface area contributed by atoms with Gasteiger partial charge in [0.25, 0.3) is 0 Å². The van der Waals surface area contributed by atoms with E-state index in [4.69, 9.17) is 4.74 Å². The van der Waals surface area contributed by atoms with Gasteiger partial charge in [0, 0.05) is 18.1 Å². The fourth-order valence-corrected chi connectivity index (χ4v) is 4.10. The van der Waals surface area contributed by atoms with E-state index in [1.165, 1.54) is 38.4 Å². The van der Waals surface area contributed by atoms with E-state index in [9.17, 15) is 4.79 Å². The lowest BCUT2D eigenvalue weighted by Crippen LogP contribution is -2.65. The van der Waals surface area contributed by atoms with Crippen LogP contribution in [0.15, 0.2) is 12.7 Å². The molecule has 2 fully saturated rings. The Morgan fingerprint density at radius 1 is 1.45 bits per heavy atom. The molecule has 22 heavy (non-hydrogen) atoms. The summed E-state index contributed by atoms with van der Waals surface area (Å²) in [6, 6.07) is -0.0860. The fourth-order valence-electron chi connectivity index (χ4n) is 4.10. The maximum absolute atomic E-state index is 12.5. The average Bonchev–Trinajstić information content (AvgIpc) is 3.08. The van der Waals surface area contributed by atoms with Crippen molar-refractivity contribution in [1.29, 1.82) is 0 Å². The predicted octanol–water partition coefficient (Wildman–Crippen LogP) is 2.08. The Hall–Kier alpha value is -1.43. The minimum absolute atomic E-state index is 0.0235. The van der Waals surface area contributed by atoms with E-state index in [0.717, 1.165) is 13.0 Å². The first-order chi connectivity index (χ1) is 10.7. The zero-order valence-electron chi connectivity index (χ0n) is 13.5. The van der Waals surface area contributed by atoms with Crippen molar-refractivity contribution in [3.05, 3.63) is 12.7 Å². The van der Waals surface area contributed by atoms with E-state index >= 15 is 0 Å². The SMILES string of the molecule is CCO[C@@H]1C[C@H](NC(=O)[C@H](C)n2cncn2)C12CCCCC2. The van der Waals surface area contributed by atoms with Gasteiger partial charge in [0.15, 0.2) is 0 Å². The summed E-state index contributed by atoms with van der Waals surface area (Å²) in [5, 5.41) is 7.30. The van der Waals surface area contributed by atoms with Gasteiger partial charge >= 0.3 is 0 Å². The number of amides is 1. The third kappa shape index (κ3) is 2.64. The summed E-state index contributed by atoms with van der Waals surface area (Å²) < 4.78 is 7.54. The molecule has 3 atom stereocenters. The highest BCUT2D eigenvalue weighted by Gasteiger charge is 2.56. The molecule has 1 spiro atoms. The first-order valence-electron chi connectivity index (χ1n) is 8.43. The highest BCUT2D eigenvalue weighted by molar-refractivity contribution is 5.80. The van der Waals surface area contributed by atoms with Gasteiger partial charge in [-0.3, -0.25) is 4.79 Å². The van der Waals surface area contributed by atoms with E-state index in [1.54, 1.807) is 11.0 Å². The summed E-state index contributed by atoms with van der Waals surface area (Å²) >= 11 is 0. The third-order valence-corrected chi connectivity index (χ3v) is 5.47. The molecule has 0 aromatic carbocycles. The number of aromatic nitrogens is 3. The molecule has 2 saturated carbocycles. The molecule has 0 saturated heterocycles. The Morgan fingerprint density at radius 3 is 2.86 bits per heavy atom. The van der Waals surface area contributed by atoms with Crippen LogP contribution >= 0.6 is 0 Å². The van der Waals surface area contributed by atoms with Crippen molar-refractivity contribution in [1.82, 2.24) is 20.1 Å². The predicted molar refractivity (Wildman–Crippen MR) is 82.2 cm³/mol. The lowest BCUT2D eigenvalue weighted by Gasteiger charge is -2.57. The van der Waals surface area contributed by atoms with Gasteiger partial charge in [-0.1, -0.05) is 19.3 Å². The van der Waals surface area contributed by atoms with Crippen molar-refractivity contribution in [3.8, 4) is 0 Å². The Bertz CT molecular complexity index is 496. The van der Waals surface area contributed by atoms with E-state index in [-0.39, 0.29) is 23.4 Å². The Kier molecular flexibility index (Phi) is 4.47. The molecular formula is C16H26N4O2. The molecule has 122 valence electrons. The van der Waals surface area contributed by atoms with Gasteiger partial charge in [0.2, 0.25) is 5.91 Å². The quantitative estimate of drug-likeness (QED) is 0.904. The third-order valence-electron chi connectivity index (χ3n) is 5.47. The van der Waals surface area contributed by atoms with Gasteiger partial charge < -0.3 is 10.1 Å². The molecule has 1 amide bonds. The molecule has 1 aromatic heterocycles. The lowest BCUT2D eigenvalue weighted by atomic mass is 9.55. The smallest absolute Gasteiger partial charge is 0.244 e. The minimum Gasteiger partial charge on any atom is -0.378 e. The second-order valence-electron chi connectivity index (χ2n) is 6.59. The standard InChI is InChI=1S/C16H26N4O2/c1-3-22-14-9-13(16(14)7-5-4-6-8-16)19-15(21)12(2)20-11-17-10-18-20/h10-14H,3-9H2,1-2H3,(H,19,21)/t12-,13-,14+/m0/s1. The van der Waals surface area contributed by atoms with Gasteiger partial charge in [-0.05, 0) is 33.1 Å². The molecule has 6 heteroatoms. The van der Waals surface area contributed by atoms with E-state index < -0.39 is 0 Å². The van der Waals surface area contributed by atoms with Gasteiger partial charge in [0.05, 0.1) is 6.10 Å². The van der Waals surface area contributed by atoms with E-state index in [1.807, 2.05) is 6.92 Å². The fraction of sp³-hybridized carbons (Fsp3) is 0.812. The van der Waals surface area contributed by atoms with Gasteiger partial charge in [0.1, 0.15) is 18.7 Å². The average molecular weight is 306 g/mol. The second-order valence-corrected chi connectivity index (χ2v) is 6.59. The first kappa shape index (κ1) is 15.5. The Balaban J connectivity index is 1.65. The number of rotatable bonds is 5. The van der Waals surface area contributed by atoms with Crippen LogP contribution in [0.4, 0.5) is 0 Å². The number of ether oxygens (including phenoxy) is 1. The molecule has 2 aliphatic rings. The van der Waals surface area contributed by atoms with Crippen LogP contribution in [0.25, 0.3) is 0 Å². The van der Waals surface area contributed by atoms with E-state index in [2.05, 4.69) is 22.3 Å². The largest absolute Gasteiger partial charge is 0.378 e. The van der Waals surface area contributed by atoms with Crippen LogP contribution in [-0.2, 0) is 9.53 Å². The second kappa shape index (κ2) is 6.36. The van der Waals surface area contributed by atoms with Gasteiger partial charge in [-0.25, -0.2) is 9.67 Å². The minimum atomic E-state index is -0.325. The molecule has 1 aromatic rings. The van der Waals surface area contributed by atoms with Crippen molar-refractivity contribution in [2.75, 3.05) is 6.61 Å². The number of nitrogens with one attached hydrogen (secondary N) is 1. The molecule has 0 bridgehead atoms. The molecule has 0 radical (unpaired) electrons. The lowest BCUT2D eigenvalue weighted by molar-refractivity contribution is -0.158. The van der Waals surface area contributed by atoms with E-state index in [0.29, 0.717) is 6.10 Å². The van der Waals surface area contributed by atoms with Crippen LogP contribution in [0.1, 0.15) is 58.4 Å². The molecule has 1 N–H and O–H groups in total. The molecule has 0 aliphatic heterocycles. The van der Waals surface area contributed by atoms with Crippen molar-refractivity contribution in [3.63, 3.8) is 0 Å². The summed E-state index contributed by atoms with van der Waals surface area (Å²) in [5.41, 5.74) is 0.159. The highest BCUT2D eigenvalue weighted by atomic mass is 16.5. The highest BCUT2D eigenvalue weighted by Crippen LogP contribution is 2.53. The monoisotopic (exact) mass is 306 g/mol. The summed E-state index contributed by atoms with van der Waals surface area (Å²) in [4.78, 5) is 16.4. The van der Waals surface area contributed by atoms with Gasteiger partial charge in [-0.2, -0.15) is 5.10 Å². The maximum Gasteiger partial charge on any atom is 0.244 e. The first-order valence-corrected chi connectivity index (χ1v) is 8.43. The molecular weight excluding hydrogens is 280 g/mol. The summed E-state index contributed by atoms with van der Waals surface area (Å²) in [6.45, 7) is 4.66. The number of carbonyl (C=O) groups is 1. The Morgan fingerprint density at radius 2 is 2.23 bits per heavy atom. The Labute approximate surface area is 131 Å². The number of hydrogen-bond acceptors (Lipinski definition) is 4. The van der Waals surface area contributed by atoms with Gasteiger partial charge in [-0.15, -0.1) is 0 Å². The molecule has 3 rings (SSSR count). The van der Waals surface area contributed by atoms with Crippen molar-refractivity contribution >= 4 is 5.91 Å². The molecule has 1 heterocycles. The van der Waals surface area contributed by atoms with Crippen LogP contribution in [0.2, 0.25) is 0 Å². The summed E-state index contributed by atoms with van der Waals surface area (Å²) in [6.07, 6.45) is 10.4. The molecule has 6 nitrogen and oxygen atoms in total. The summed E-state index contributed by atoms with van der Waals surface area (Å²) in [7, 11) is 0.